The van der Waals surface area contributed by atoms with Crippen LogP contribution in [0.25, 0.3) is 0 Å². The van der Waals surface area contributed by atoms with Crippen LogP contribution in [-0.4, -0.2) is 24.0 Å². The van der Waals surface area contributed by atoms with E-state index in [0.29, 0.717) is 16.7 Å². The van der Waals surface area contributed by atoms with Gasteiger partial charge in [-0.15, -0.1) is 0 Å². The second-order valence-electron chi connectivity index (χ2n) is 6.75. The number of carbonyl (C=O) groups is 1. The summed E-state index contributed by atoms with van der Waals surface area (Å²) in [5.41, 5.74) is 0.159. The summed E-state index contributed by atoms with van der Waals surface area (Å²) in [7, 11) is 0.292. The van der Waals surface area contributed by atoms with Gasteiger partial charge in [0.15, 0.2) is 11.5 Å². The van der Waals surface area contributed by atoms with Crippen LogP contribution in [0.5, 0.6) is 0 Å². The van der Waals surface area contributed by atoms with Gasteiger partial charge in [0.1, 0.15) is 0 Å². The summed E-state index contributed by atoms with van der Waals surface area (Å²) in [6.45, 7) is 0. The lowest BCUT2D eigenvalue weighted by atomic mass is 9.48. The number of rotatable bonds is 3. The number of hydrogen-bond acceptors (Lipinski definition) is 1. The van der Waals surface area contributed by atoms with Gasteiger partial charge in [-0.3, -0.25) is 4.79 Å². The summed E-state index contributed by atoms with van der Waals surface area (Å²) < 4.78 is 0. The molecule has 0 spiro atoms. The zero-order valence-electron chi connectivity index (χ0n) is 10.9. The molecule has 98 valence electrons. The van der Waals surface area contributed by atoms with Gasteiger partial charge in [0.25, 0.3) is 0 Å². The molecule has 0 aliphatic heterocycles. The van der Waals surface area contributed by atoms with Crippen molar-refractivity contribution in [2.75, 3.05) is 18.3 Å². The standard InChI is InChI=1S/C14H23OS.BrH/c1-16(2)9-13(15)14-6-10-3-11(7-14)5-12(4-10)8-14;/h10-12H,3-9H2,1-2H3;1H/q+1;/p-1. The maximum absolute atomic E-state index is 12.5. The van der Waals surface area contributed by atoms with Crippen LogP contribution < -0.4 is 17.0 Å². The second kappa shape index (κ2) is 4.88. The SMILES string of the molecule is C[S+](C)CC(=O)C12CC3CC(CC(C3)C1)C2.[Br-]. The Labute approximate surface area is 118 Å². The molecular weight excluding hydrogens is 296 g/mol. The van der Waals surface area contributed by atoms with Gasteiger partial charge in [0, 0.05) is 5.41 Å². The van der Waals surface area contributed by atoms with Gasteiger partial charge in [-0.25, -0.2) is 0 Å². The van der Waals surface area contributed by atoms with Gasteiger partial charge < -0.3 is 17.0 Å². The minimum atomic E-state index is 0. The van der Waals surface area contributed by atoms with Crippen molar-refractivity contribution in [3.63, 3.8) is 0 Å². The Kier molecular flexibility index (Phi) is 4.00. The number of Topliss-reactive ketones (excluding diaryl/α,β-unsaturated/α-hetero) is 1. The molecule has 0 aromatic heterocycles. The van der Waals surface area contributed by atoms with E-state index in [1.165, 1.54) is 38.5 Å². The summed E-state index contributed by atoms with van der Waals surface area (Å²) in [6.07, 6.45) is 12.5. The molecule has 0 N–H and O–H groups in total. The molecular formula is C14H23BrOS. The molecule has 4 fully saturated rings. The summed E-state index contributed by atoms with van der Waals surface area (Å²) in [5.74, 6) is 4.20. The van der Waals surface area contributed by atoms with E-state index in [4.69, 9.17) is 0 Å². The Morgan fingerprint density at radius 2 is 1.47 bits per heavy atom. The van der Waals surface area contributed by atoms with Crippen LogP contribution in [0.4, 0.5) is 0 Å². The van der Waals surface area contributed by atoms with E-state index in [-0.39, 0.29) is 22.4 Å². The zero-order chi connectivity index (χ0) is 11.3. The van der Waals surface area contributed by atoms with Gasteiger partial charge >= 0.3 is 0 Å². The highest BCUT2D eigenvalue weighted by molar-refractivity contribution is 7.96. The van der Waals surface area contributed by atoms with Crippen LogP contribution in [-0.2, 0) is 15.7 Å². The number of hydrogen-bond donors (Lipinski definition) is 0. The molecule has 0 aromatic rings. The minimum absolute atomic E-state index is 0. The van der Waals surface area contributed by atoms with Crippen LogP contribution in [0.15, 0.2) is 0 Å². The van der Waals surface area contributed by atoms with Crippen molar-refractivity contribution >= 4 is 16.7 Å². The van der Waals surface area contributed by atoms with E-state index in [2.05, 4.69) is 12.5 Å². The normalized spacial score (nSPS) is 42.6. The van der Waals surface area contributed by atoms with Crippen molar-refractivity contribution in [3.8, 4) is 0 Å². The third-order valence-corrected chi connectivity index (χ3v) is 5.89. The smallest absolute Gasteiger partial charge is 0.187 e. The first-order valence-electron chi connectivity index (χ1n) is 6.65. The van der Waals surface area contributed by atoms with E-state index >= 15 is 0 Å². The molecule has 4 aliphatic carbocycles. The molecule has 4 aliphatic rings. The van der Waals surface area contributed by atoms with Crippen molar-refractivity contribution in [1.82, 2.24) is 0 Å². The van der Waals surface area contributed by atoms with Gasteiger partial charge in [-0.05, 0) is 67.2 Å². The van der Waals surface area contributed by atoms with Crippen LogP contribution >= 0.6 is 0 Å². The number of halogens is 1. The quantitative estimate of drug-likeness (QED) is 0.650. The predicted molar refractivity (Wildman–Crippen MR) is 69.7 cm³/mol. The molecule has 0 unspecified atom stereocenters. The van der Waals surface area contributed by atoms with E-state index in [1.54, 1.807) is 0 Å². The molecule has 0 aromatic carbocycles. The van der Waals surface area contributed by atoms with Gasteiger partial charge in [0.2, 0.25) is 0 Å². The number of carbonyl (C=O) groups excluding carboxylic acids is 1. The van der Waals surface area contributed by atoms with Crippen molar-refractivity contribution in [2.45, 2.75) is 38.5 Å². The largest absolute Gasteiger partial charge is 1.00 e. The molecule has 0 heterocycles. The maximum atomic E-state index is 12.5. The first-order valence-corrected chi connectivity index (χ1v) is 8.86. The highest BCUT2D eigenvalue weighted by Crippen LogP contribution is 2.60. The Morgan fingerprint density at radius 3 is 1.82 bits per heavy atom. The van der Waals surface area contributed by atoms with Gasteiger partial charge in [0.05, 0.1) is 12.5 Å². The first-order chi connectivity index (χ1) is 7.57. The molecule has 0 amide bonds. The zero-order valence-corrected chi connectivity index (χ0v) is 13.3. The summed E-state index contributed by atoms with van der Waals surface area (Å²) in [6, 6.07) is 0. The third kappa shape index (κ3) is 2.47. The Morgan fingerprint density at radius 1 is 1.06 bits per heavy atom. The monoisotopic (exact) mass is 318 g/mol. The Balaban J connectivity index is 0.00000108. The second-order valence-corrected chi connectivity index (χ2v) is 9.01. The van der Waals surface area contributed by atoms with Crippen molar-refractivity contribution < 1.29 is 21.8 Å². The average Bonchev–Trinajstić information content (AvgIpc) is 2.13. The van der Waals surface area contributed by atoms with E-state index < -0.39 is 0 Å². The summed E-state index contributed by atoms with van der Waals surface area (Å²) in [5, 5.41) is 0. The molecule has 0 atom stereocenters. The lowest BCUT2D eigenvalue weighted by molar-refractivity contribution is -0.141. The van der Waals surface area contributed by atoms with Crippen molar-refractivity contribution in [2.24, 2.45) is 23.2 Å². The molecule has 4 rings (SSSR count). The molecule has 4 bridgehead atoms. The van der Waals surface area contributed by atoms with Crippen LogP contribution in [0.2, 0.25) is 0 Å². The van der Waals surface area contributed by atoms with Gasteiger partial charge in [-0.2, -0.15) is 0 Å². The molecule has 1 nitrogen and oxygen atoms in total. The molecule has 3 heteroatoms. The van der Waals surface area contributed by atoms with Crippen molar-refractivity contribution in [1.29, 1.82) is 0 Å². The van der Waals surface area contributed by atoms with E-state index in [9.17, 15) is 4.79 Å². The van der Waals surface area contributed by atoms with Crippen LogP contribution in [0, 0.1) is 23.2 Å². The highest BCUT2D eigenvalue weighted by Gasteiger charge is 2.54. The Hall–Kier alpha value is 0.500. The lowest BCUT2D eigenvalue weighted by Crippen LogP contribution is -3.00. The first kappa shape index (κ1) is 13.9. The molecule has 0 saturated heterocycles. The van der Waals surface area contributed by atoms with E-state index in [0.717, 1.165) is 23.5 Å². The molecule has 4 saturated carbocycles. The lowest BCUT2D eigenvalue weighted by Gasteiger charge is -2.55. The average molecular weight is 319 g/mol. The fourth-order valence-electron chi connectivity index (χ4n) is 4.87. The predicted octanol–water partition coefficient (Wildman–Crippen LogP) is -0.346. The topological polar surface area (TPSA) is 17.1 Å². The fourth-order valence-corrected chi connectivity index (χ4v) is 5.70. The molecule has 0 radical (unpaired) electrons. The molecule has 17 heavy (non-hydrogen) atoms. The van der Waals surface area contributed by atoms with Crippen LogP contribution in [0.3, 0.4) is 0 Å². The third-order valence-electron chi connectivity index (χ3n) is 5.05. The summed E-state index contributed by atoms with van der Waals surface area (Å²) >= 11 is 0. The Bertz CT molecular complexity index is 278. The highest BCUT2D eigenvalue weighted by atomic mass is 79.9. The van der Waals surface area contributed by atoms with E-state index in [1.807, 2.05) is 0 Å². The van der Waals surface area contributed by atoms with Crippen molar-refractivity contribution in [3.05, 3.63) is 0 Å². The van der Waals surface area contributed by atoms with Crippen LogP contribution in [0.1, 0.15) is 38.5 Å². The fraction of sp³-hybridized carbons (Fsp3) is 0.929. The number of ketones is 1. The maximum Gasteiger partial charge on any atom is 0.187 e. The minimum Gasteiger partial charge on any atom is -1.00 e. The summed E-state index contributed by atoms with van der Waals surface area (Å²) in [4.78, 5) is 12.5. The van der Waals surface area contributed by atoms with Gasteiger partial charge in [-0.1, -0.05) is 0 Å².